The zero-order chi connectivity index (χ0) is 30.3. The number of anilines is 1. The molecule has 0 aliphatic heterocycles. The van der Waals surface area contributed by atoms with Gasteiger partial charge in [-0.15, -0.1) is 0 Å². The lowest BCUT2D eigenvalue weighted by molar-refractivity contribution is -0.153. The molecule has 0 heterocycles. The van der Waals surface area contributed by atoms with Gasteiger partial charge in [-0.3, -0.25) is 19.3 Å². The van der Waals surface area contributed by atoms with Crippen LogP contribution in [0.2, 0.25) is 0 Å². The molecule has 1 aromatic carbocycles. The van der Waals surface area contributed by atoms with Crippen LogP contribution in [0.5, 0.6) is 5.75 Å². The van der Waals surface area contributed by atoms with Gasteiger partial charge in [-0.05, 0) is 50.6 Å². The molecule has 1 aromatic rings. The second-order valence-electron chi connectivity index (χ2n) is 11.4. The van der Waals surface area contributed by atoms with Gasteiger partial charge in [0.15, 0.2) is 11.4 Å². The normalized spacial score (nSPS) is 29.6. The van der Waals surface area contributed by atoms with Gasteiger partial charge >= 0.3 is 0 Å². The van der Waals surface area contributed by atoms with Gasteiger partial charge in [0.1, 0.15) is 34.8 Å². The number of Topliss-reactive ketones (excluding diaryl/α,β-unsaturated/α-hetero) is 2. The van der Waals surface area contributed by atoms with E-state index in [1.807, 2.05) is 0 Å². The number of benzene rings is 1. The molecular weight excluding hydrogens is 540 g/mol. The maximum Gasteiger partial charge on any atom is 0.255 e. The summed E-state index contributed by atoms with van der Waals surface area (Å²) in [5.74, 6) is -8.47. The van der Waals surface area contributed by atoms with E-state index >= 15 is 0 Å². The van der Waals surface area contributed by atoms with Crippen molar-refractivity contribution in [3.8, 4) is 5.75 Å². The number of amides is 1. The fraction of sp³-hybridized carbons (Fsp3) is 0.414. The van der Waals surface area contributed by atoms with Crippen LogP contribution < -0.4 is 10.6 Å². The molecule has 4 aliphatic carbocycles. The van der Waals surface area contributed by atoms with Crippen molar-refractivity contribution in [2.45, 2.75) is 37.1 Å². The number of allylic oxidation sites excluding steroid dienone is 4. The summed E-state index contributed by atoms with van der Waals surface area (Å²) < 4.78 is 28.6. The monoisotopic (exact) mass is 571 g/mol. The number of fused-ring (bicyclic) bond motifs is 3. The highest BCUT2D eigenvalue weighted by molar-refractivity contribution is 6.24. The standard InChI is InChI=1S/C29H31F2N3O7/c1-33(2)18-10-14(13-6-5-12(30)9-17(13)31)23(35)20-15(18)7-11-8-16-22(34(3)4)25(37)21(28(32)40)27(39)29(16,41)26(38)19(11)24(20)36/h5-6,10-12,16,22,35-36,39,41H,7-9H2,1-4H3,(H2,32,40)/t11-,12?,16-,22-,29-/m0/s1. The van der Waals surface area contributed by atoms with Crippen molar-refractivity contribution < 1.29 is 43.6 Å². The third-order valence-corrected chi connectivity index (χ3v) is 8.61. The lowest BCUT2D eigenvalue weighted by Gasteiger charge is -2.50. The van der Waals surface area contributed by atoms with Gasteiger partial charge in [0.2, 0.25) is 5.78 Å². The number of carbonyl (C=O) groups excluding carboxylic acids is 3. The lowest BCUT2D eigenvalue weighted by Crippen LogP contribution is -2.65. The van der Waals surface area contributed by atoms with Crippen molar-refractivity contribution in [2.24, 2.45) is 17.6 Å². The summed E-state index contributed by atoms with van der Waals surface area (Å²) in [5, 5.41) is 45.6. The number of halogens is 2. The predicted octanol–water partition coefficient (Wildman–Crippen LogP) is 2.01. The number of carbonyl (C=O) groups is 3. The number of primary amides is 1. The maximum atomic E-state index is 14.9. The first-order chi connectivity index (χ1) is 19.1. The molecule has 6 N–H and O–H groups in total. The Bertz CT molecular complexity index is 1540. The Morgan fingerprint density at radius 2 is 1.78 bits per heavy atom. The number of phenolic OH excluding ortho intramolecular Hbond substituents is 1. The van der Waals surface area contributed by atoms with Crippen molar-refractivity contribution >= 4 is 34.5 Å². The van der Waals surface area contributed by atoms with E-state index in [0.29, 0.717) is 11.3 Å². The van der Waals surface area contributed by atoms with Crippen molar-refractivity contribution in [1.29, 1.82) is 0 Å². The fourth-order valence-electron chi connectivity index (χ4n) is 6.77. The molecule has 12 heteroatoms. The number of rotatable bonds is 4. The van der Waals surface area contributed by atoms with Crippen LogP contribution in [0.25, 0.3) is 11.3 Å². The van der Waals surface area contributed by atoms with Gasteiger partial charge in [-0.1, -0.05) is 6.08 Å². The van der Waals surface area contributed by atoms with Crippen LogP contribution in [0, 0.1) is 11.8 Å². The summed E-state index contributed by atoms with van der Waals surface area (Å²) in [4.78, 5) is 42.5. The number of alkyl halides is 1. The molecule has 5 atom stereocenters. The van der Waals surface area contributed by atoms with E-state index in [0.717, 1.165) is 6.08 Å². The van der Waals surface area contributed by atoms with Crippen molar-refractivity contribution in [3.05, 3.63) is 57.6 Å². The zero-order valence-electron chi connectivity index (χ0n) is 22.9. The number of aromatic hydroxyl groups is 1. The van der Waals surface area contributed by atoms with E-state index in [4.69, 9.17) is 5.73 Å². The lowest BCUT2D eigenvalue weighted by atomic mass is 9.57. The Morgan fingerprint density at radius 1 is 1.12 bits per heavy atom. The van der Waals surface area contributed by atoms with Crippen LogP contribution >= 0.6 is 0 Å². The van der Waals surface area contributed by atoms with Crippen molar-refractivity contribution in [1.82, 2.24) is 4.90 Å². The number of likely N-dealkylation sites (N-methyl/N-ethyl adjacent to an activating group) is 1. The maximum absolute atomic E-state index is 14.9. The van der Waals surface area contributed by atoms with E-state index in [-0.39, 0.29) is 35.1 Å². The summed E-state index contributed by atoms with van der Waals surface area (Å²) in [6.45, 7) is 0. The number of hydrogen-bond donors (Lipinski definition) is 5. The van der Waals surface area contributed by atoms with E-state index < -0.39 is 82.2 Å². The number of nitrogens with zero attached hydrogens (tertiary/aromatic N) is 2. The van der Waals surface area contributed by atoms with Crippen LogP contribution in [0.3, 0.4) is 0 Å². The SMILES string of the molecule is CN(C)c1cc(C2=C(F)CC(F)C=C2)c(O)c2c1C[C@H]1C[C@H]3[C@H](N(C)C)C(=O)C(C(N)=O)=C(O)[C@@]3(O)C(=O)C1=C2O. The highest BCUT2D eigenvalue weighted by atomic mass is 19.1. The smallest absolute Gasteiger partial charge is 0.255 e. The molecule has 4 aliphatic rings. The molecule has 0 spiro atoms. The average molecular weight is 572 g/mol. The third kappa shape index (κ3) is 3.91. The van der Waals surface area contributed by atoms with E-state index in [9.17, 15) is 43.6 Å². The van der Waals surface area contributed by atoms with Crippen molar-refractivity contribution in [3.63, 3.8) is 0 Å². The Hall–Kier alpha value is -4.03. The quantitative estimate of drug-likeness (QED) is 0.340. The highest BCUT2D eigenvalue weighted by Crippen LogP contribution is 2.54. The second-order valence-corrected chi connectivity index (χ2v) is 11.4. The van der Waals surface area contributed by atoms with E-state index in [2.05, 4.69) is 0 Å². The molecule has 5 rings (SSSR count). The first-order valence-electron chi connectivity index (χ1n) is 13.0. The van der Waals surface area contributed by atoms with Crippen LogP contribution in [-0.4, -0.2) is 88.8 Å². The second kappa shape index (κ2) is 9.52. The van der Waals surface area contributed by atoms with Gasteiger partial charge in [0, 0.05) is 48.8 Å². The minimum absolute atomic E-state index is 0.0340. The Morgan fingerprint density at radius 3 is 2.34 bits per heavy atom. The first kappa shape index (κ1) is 28.5. The molecule has 0 radical (unpaired) electrons. The highest BCUT2D eigenvalue weighted by Gasteiger charge is 2.64. The molecule has 0 aromatic heterocycles. The number of ketones is 2. The third-order valence-electron chi connectivity index (χ3n) is 8.61. The Kier molecular flexibility index (Phi) is 6.62. The van der Waals surface area contributed by atoms with Gasteiger partial charge < -0.3 is 31.1 Å². The fourth-order valence-corrected chi connectivity index (χ4v) is 6.77. The largest absolute Gasteiger partial charge is 0.508 e. The van der Waals surface area contributed by atoms with Crippen LogP contribution in [-0.2, 0) is 20.8 Å². The minimum atomic E-state index is -2.76. The molecule has 1 unspecified atom stereocenters. The molecule has 41 heavy (non-hydrogen) atoms. The van der Waals surface area contributed by atoms with Gasteiger partial charge in [-0.25, -0.2) is 8.78 Å². The van der Waals surface area contributed by atoms with Gasteiger partial charge in [-0.2, -0.15) is 0 Å². The summed E-state index contributed by atoms with van der Waals surface area (Å²) in [6, 6.07) is 0.329. The van der Waals surface area contributed by atoms with Crippen molar-refractivity contribution in [2.75, 3.05) is 33.1 Å². The number of aliphatic hydroxyl groups is 3. The summed E-state index contributed by atoms with van der Waals surface area (Å²) in [5.41, 5.74) is 2.02. The molecule has 1 saturated carbocycles. The summed E-state index contributed by atoms with van der Waals surface area (Å²) >= 11 is 0. The summed E-state index contributed by atoms with van der Waals surface area (Å²) in [6.07, 6.45) is 0.325. The zero-order valence-corrected chi connectivity index (χ0v) is 22.9. The predicted molar refractivity (Wildman–Crippen MR) is 145 cm³/mol. The Balaban J connectivity index is 1.77. The topological polar surface area (TPSA) is 165 Å². The average Bonchev–Trinajstić information content (AvgIpc) is 2.86. The Labute approximate surface area is 234 Å². The number of phenols is 1. The van der Waals surface area contributed by atoms with Crippen LogP contribution in [0.1, 0.15) is 29.5 Å². The van der Waals surface area contributed by atoms with Gasteiger partial charge in [0.25, 0.3) is 5.91 Å². The first-order valence-corrected chi connectivity index (χ1v) is 13.0. The molecule has 1 amide bonds. The van der Waals surface area contributed by atoms with Gasteiger partial charge in [0.05, 0.1) is 11.6 Å². The molecule has 1 fully saturated rings. The molecule has 0 bridgehead atoms. The molecular formula is C29H31F2N3O7. The molecule has 218 valence electrons. The number of hydrogen-bond acceptors (Lipinski definition) is 9. The van der Waals surface area contributed by atoms with E-state index in [1.54, 1.807) is 19.0 Å². The van der Waals surface area contributed by atoms with Crippen LogP contribution in [0.4, 0.5) is 14.5 Å². The number of aliphatic hydroxyl groups excluding tert-OH is 2. The number of nitrogens with two attached hydrogens (primary N) is 1. The minimum Gasteiger partial charge on any atom is -0.508 e. The molecule has 10 nitrogen and oxygen atoms in total. The van der Waals surface area contributed by atoms with Crippen LogP contribution in [0.15, 0.2) is 41.0 Å². The van der Waals surface area contributed by atoms with E-state index in [1.165, 1.54) is 31.1 Å². The summed E-state index contributed by atoms with van der Waals surface area (Å²) in [7, 11) is 6.45. The molecule has 0 saturated heterocycles.